The van der Waals surface area contributed by atoms with Gasteiger partial charge in [0.1, 0.15) is 0 Å². The highest BCUT2D eigenvalue weighted by molar-refractivity contribution is 6.40. The molecule has 0 aliphatic rings. The van der Waals surface area contributed by atoms with E-state index in [-0.39, 0.29) is 0 Å². The lowest BCUT2D eigenvalue weighted by atomic mass is 9.83. The first-order valence-electron chi connectivity index (χ1n) is 3.19. The molecule has 0 aromatic carbocycles. The van der Waals surface area contributed by atoms with Crippen LogP contribution in [-0.2, 0) is 0 Å². The molecule has 0 fully saturated rings. The summed E-state index contributed by atoms with van der Waals surface area (Å²) in [6.07, 6.45) is 3.27. The Morgan fingerprint density at radius 3 is 2.22 bits per heavy atom. The fourth-order valence-corrected chi connectivity index (χ4v) is 0.787. The first-order chi connectivity index (χ1) is 4.27. The van der Waals surface area contributed by atoms with Gasteiger partial charge in [-0.2, -0.15) is 0 Å². The van der Waals surface area contributed by atoms with Crippen molar-refractivity contribution in [3.8, 4) is 0 Å². The van der Waals surface area contributed by atoms with Gasteiger partial charge in [0.2, 0.25) is 0 Å². The average molecular weight is 150 g/mol. The van der Waals surface area contributed by atoms with Crippen LogP contribution >= 0.6 is 11.6 Å². The van der Waals surface area contributed by atoms with E-state index in [9.17, 15) is 0 Å². The van der Waals surface area contributed by atoms with Crippen molar-refractivity contribution in [1.29, 1.82) is 0 Å². The third kappa shape index (κ3) is 8.27. The molecule has 0 amide bonds. The summed E-state index contributed by atoms with van der Waals surface area (Å²) in [5.74, 6) is 0.668. The van der Waals surface area contributed by atoms with Crippen LogP contribution in [0.25, 0.3) is 0 Å². The number of rotatable bonds is 5. The van der Waals surface area contributed by atoms with Crippen LogP contribution in [0.4, 0.5) is 0 Å². The summed E-state index contributed by atoms with van der Waals surface area (Å²) in [6, 6.07) is 0. The van der Waals surface area contributed by atoms with Gasteiger partial charge in [-0.05, 0) is 12.7 Å². The Hall–Kier alpha value is 0.275. The molecule has 0 aliphatic carbocycles. The summed E-state index contributed by atoms with van der Waals surface area (Å²) < 4.78 is 0. The van der Waals surface area contributed by atoms with Gasteiger partial charge >= 0.3 is 7.12 Å². The molecule has 9 heavy (non-hydrogen) atoms. The molecule has 2 nitrogen and oxygen atoms in total. The lowest BCUT2D eigenvalue weighted by Crippen LogP contribution is -2.09. The van der Waals surface area contributed by atoms with Crippen LogP contribution in [0.3, 0.4) is 0 Å². The third-order valence-electron chi connectivity index (χ3n) is 1.10. The second kappa shape index (κ2) is 6.40. The smallest absolute Gasteiger partial charge is 0.427 e. The molecule has 0 bridgehead atoms. The van der Waals surface area contributed by atoms with E-state index in [0.29, 0.717) is 12.2 Å². The number of hydrogen-bond donors (Lipinski definition) is 2. The van der Waals surface area contributed by atoms with Gasteiger partial charge in [0, 0.05) is 5.88 Å². The summed E-state index contributed by atoms with van der Waals surface area (Å²) >= 11 is 5.39. The molecule has 2 N–H and O–H groups in total. The lowest BCUT2D eigenvalue weighted by molar-refractivity contribution is 0.402. The van der Waals surface area contributed by atoms with E-state index in [1.54, 1.807) is 0 Å². The highest BCUT2D eigenvalue weighted by Gasteiger charge is 2.03. The molecule has 0 spiro atoms. The van der Waals surface area contributed by atoms with Gasteiger partial charge in [-0.1, -0.05) is 12.8 Å². The Kier molecular flexibility index (Phi) is 6.59. The van der Waals surface area contributed by atoms with Gasteiger partial charge < -0.3 is 10.0 Å². The molecular weight excluding hydrogens is 138 g/mol. The summed E-state index contributed by atoms with van der Waals surface area (Å²) in [7, 11) is -1.14. The average Bonchev–Trinajstić information content (AvgIpc) is 1.80. The molecule has 0 atom stereocenters. The Balaban J connectivity index is 2.75. The Bertz CT molecular complexity index is 60.9. The molecule has 0 aromatic heterocycles. The summed E-state index contributed by atoms with van der Waals surface area (Å²) in [6.45, 7) is 0. The van der Waals surface area contributed by atoms with Crippen LogP contribution < -0.4 is 0 Å². The highest BCUT2D eigenvalue weighted by atomic mass is 35.5. The van der Waals surface area contributed by atoms with E-state index in [0.717, 1.165) is 19.3 Å². The van der Waals surface area contributed by atoms with E-state index in [2.05, 4.69) is 0 Å². The molecule has 0 saturated carbocycles. The van der Waals surface area contributed by atoms with Crippen molar-refractivity contribution in [2.75, 3.05) is 5.88 Å². The molecule has 54 valence electrons. The zero-order valence-corrected chi connectivity index (χ0v) is 6.14. The van der Waals surface area contributed by atoms with Crippen molar-refractivity contribution in [1.82, 2.24) is 0 Å². The van der Waals surface area contributed by atoms with Crippen molar-refractivity contribution < 1.29 is 10.0 Å². The standard InChI is InChI=1S/C5H12BClO2/c7-5-3-1-2-4-6(8)9/h8-9H,1-5H2. The molecule has 0 unspecified atom stereocenters. The van der Waals surface area contributed by atoms with Gasteiger partial charge in [-0.15, -0.1) is 11.6 Å². The van der Waals surface area contributed by atoms with Crippen molar-refractivity contribution >= 4 is 18.7 Å². The predicted octanol–water partition coefficient (Wildman–Crippen LogP) is 0.868. The Labute approximate surface area is 61.0 Å². The number of unbranched alkanes of at least 4 members (excludes halogenated alkanes) is 2. The zero-order chi connectivity index (χ0) is 7.11. The predicted molar refractivity (Wildman–Crippen MR) is 39.6 cm³/mol. The van der Waals surface area contributed by atoms with Gasteiger partial charge in [-0.25, -0.2) is 0 Å². The first kappa shape index (κ1) is 9.27. The fourth-order valence-electron chi connectivity index (χ4n) is 0.598. The van der Waals surface area contributed by atoms with E-state index >= 15 is 0 Å². The Morgan fingerprint density at radius 1 is 1.11 bits per heavy atom. The zero-order valence-electron chi connectivity index (χ0n) is 5.39. The third-order valence-corrected chi connectivity index (χ3v) is 1.36. The number of halogens is 1. The monoisotopic (exact) mass is 150 g/mol. The minimum absolute atomic E-state index is 0.469. The normalized spacial score (nSPS) is 9.67. The maximum atomic E-state index is 8.37. The van der Waals surface area contributed by atoms with Crippen molar-refractivity contribution in [3.63, 3.8) is 0 Å². The largest absolute Gasteiger partial charge is 0.451 e. The second-order valence-electron chi connectivity index (χ2n) is 2.02. The maximum Gasteiger partial charge on any atom is 0.451 e. The van der Waals surface area contributed by atoms with E-state index in [1.165, 1.54) is 0 Å². The minimum atomic E-state index is -1.14. The Morgan fingerprint density at radius 2 is 1.78 bits per heavy atom. The van der Waals surface area contributed by atoms with E-state index < -0.39 is 7.12 Å². The van der Waals surface area contributed by atoms with Crippen LogP contribution in [0.15, 0.2) is 0 Å². The summed E-state index contributed by atoms with van der Waals surface area (Å²) in [5.41, 5.74) is 0. The van der Waals surface area contributed by atoms with Gasteiger partial charge in [0.15, 0.2) is 0 Å². The molecule has 0 rings (SSSR count). The van der Waals surface area contributed by atoms with Crippen LogP contribution in [0, 0.1) is 0 Å². The summed E-state index contributed by atoms with van der Waals surface area (Å²) in [4.78, 5) is 0. The first-order valence-corrected chi connectivity index (χ1v) is 3.73. The van der Waals surface area contributed by atoms with Gasteiger partial charge in [0.25, 0.3) is 0 Å². The fraction of sp³-hybridized carbons (Fsp3) is 1.00. The molecule has 0 radical (unpaired) electrons. The van der Waals surface area contributed by atoms with Crippen LogP contribution in [0.1, 0.15) is 19.3 Å². The van der Waals surface area contributed by atoms with Gasteiger partial charge in [-0.3, -0.25) is 0 Å². The summed E-state index contributed by atoms with van der Waals surface area (Å²) in [5, 5.41) is 16.7. The van der Waals surface area contributed by atoms with Crippen LogP contribution in [-0.4, -0.2) is 23.0 Å². The molecule has 4 heteroatoms. The topological polar surface area (TPSA) is 40.5 Å². The molecule has 0 heterocycles. The molecule has 0 aromatic rings. The molecule has 0 aliphatic heterocycles. The van der Waals surface area contributed by atoms with Crippen LogP contribution in [0.2, 0.25) is 6.32 Å². The highest BCUT2D eigenvalue weighted by Crippen LogP contribution is 2.01. The van der Waals surface area contributed by atoms with Crippen molar-refractivity contribution in [3.05, 3.63) is 0 Å². The van der Waals surface area contributed by atoms with Crippen molar-refractivity contribution in [2.45, 2.75) is 25.6 Å². The second-order valence-corrected chi connectivity index (χ2v) is 2.40. The van der Waals surface area contributed by atoms with Crippen molar-refractivity contribution in [2.24, 2.45) is 0 Å². The molecule has 0 saturated heterocycles. The number of alkyl halides is 1. The minimum Gasteiger partial charge on any atom is -0.427 e. The maximum absolute atomic E-state index is 8.37. The van der Waals surface area contributed by atoms with E-state index in [4.69, 9.17) is 21.6 Å². The SMILES string of the molecule is OB(O)CCCCCCl. The van der Waals surface area contributed by atoms with Crippen LogP contribution in [0.5, 0.6) is 0 Å². The van der Waals surface area contributed by atoms with Gasteiger partial charge in [0.05, 0.1) is 0 Å². The molecular formula is C5H12BClO2. The quantitative estimate of drug-likeness (QED) is 0.347. The van der Waals surface area contributed by atoms with E-state index in [1.807, 2.05) is 0 Å². The number of hydrogen-bond acceptors (Lipinski definition) is 2. The lowest BCUT2D eigenvalue weighted by Gasteiger charge is -1.95.